The predicted octanol–water partition coefficient (Wildman–Crippen LogP) is 3.86. The summed E-state index contributed by atoms with van der Waals surface area (Å²) in [5.41, 5.74) is 4.38. The standard InChI is InChI=1S/C22H18FNO3S/c1-12-3-4-13-9-15(23)10-14(11-24)21(13)20(12)16-6-8-19(28(2,26)27)22-17(16)5-7-18(22)25/h6,8-10,20H,1,3-5,7H2,2H3/t20-/m1/s1. The number of fused-ring (bicyclic) bond motifs is 2. The molecule has 28 heavy (non-hydrogen) atoms. The SMILES string of the molecule is C=C1CCc2cc(F)cc(C#N)c2[C@H]1c1ccc(S(C)(=O)=O)c2c1CCC2=O. The molecule has 0 aromatic heterocycles. The van der Waals surface area contributed by atoms with E-state index in [1.165, 1.54) is 18.2 Å². The lowest BCUT2D eigenvalue weighted by atomic mass is 9.73. The molecule has 2 aliphatic carbocycles. The van der Waals surface area contributed by atoms with Gasteiger partial charge in [0.15, 0.2) is 15.6 Å². The van der Waals surface area contributed by atoms with Gasteiger partial charge in [-0.15, -0.1) is 0 Å². The molecule has 0 amide bonds. The van der Waals surface area contributed by atoms with Crippen LogP contribution in [0.25, 0.3) is 0 Å². The summed E-state index contributed by atoms with van der Waals surface area (Å²) in [6.45, 7) is 4.18. The zero-order chi connectivity index (χ0) is 20.2. The number of aryl methyl sites for hydroxylation is 1. The molecule has 0 saturated heterocycles. The maximum atomic E-state index is 13.9. The monoisotopic (exact) mass is 395 g/mol. The topological polar surface area (TPSA) is 75.0 Å². The number of carbonyl (C=O) groups is 1. The fraction of sp³-hybridized carbons (Fsp3) is 0.273. The van der Waals surface area contributed by atoms with Gasteiger partial charge in [0.1, 0.15) is 5.82 Å². The molecule has 4 rings (SSSR count). The van der Waals surface area contributed by atoms with Crippen molar-refractivity contribution in [3.63, 3.8) is 0 Å². The Morgan fingerprint density at radius 3 is 2.61 bits per heavy atom. The van der Waals surface area contributed by atoms with Gasteiger partial charge in [-0.1, -0.05) is 18.2 Å². The molecule has 6 heteroatoms. The smallest absolute Gasteiger partial charge is 0.176 e. The lowest BCUT2D eigenvalue weighted by Crippen LogP contribution is -2.18. The summed E-state index contributed by atoms with van der Waals surface area (Å²) < 4.78 is 38.3. The average Bonchev–Trinajstić information content (AvgIpc) is 3.02. The predicted molar refractivity (Wildman–Crippen MR) is 103 cm³/mol. The minimum Gasteiger partial charge on any atom is -0.294 e. The van der Waals surface area contributed by atoms with Gasteiger partial charge < -0.3 is 0 Å². The van der Waals surface area contributed by atoms with E-state index in [2.05, 4.69) is 12.6 Å². The molecule has 1 atom stereocenters. The molecule has 0 radical (unpaired) electrons. The molecule has 2 aliphatic rings. The van der Waals surface area contributed by atoms with Gasteiger partial charge in [-0.3, -0.25) is 4.79 Å². The average molecular weight is 395 g/mol. The third-order valence-electron chi connectivity index (χ3n) is 5.67. The quantitative estimate of drug-likeness (QED) is 0.724. The fourth-order valence-corrected chi connectivity index (χ4v) is 5.42. The van der Waals surface area contributed by atoms with Crippen LogP contribution < -0.4 is 0 Å². The highest BCUT2D eigenvalue weighted by molar-refractivity contribution is 7.90. The molecule has 4 nitrogen and oxygen atoms in total. The van der Waals surface area contributed by atoms with Crippen LogP contribution in [0, 0.1) is 17.1 Å². The van der Waals surface area contributed by atoms with Crippen molar-refractivity contribution in [2.45, 2.75) is 36.5 Å². The highest BCUT2D eigenvalue weighted by atomic mass is 32.2. The summed E-state index contributed by atoms with van der Waals surface area (Å²) in [5.74, 6) is -0.986. The van der Waals surface area contributed by atoms with Crippen molar-refractivity contribution < 1.29 is 17.6 Å². The van der Waals surface area contributed by atoms with E-state index in [-0.39, 0.29) is 34.1 Å². The van der Waals surface area contributed by atoms with Crippen LogP contribution in [0.1, 0.15) is 56.9 Å². The number of hydrogen-bond donors (Lipinski definition) is 0. The van der Waals surface area contributed by atoms with E-state index in [9.17, 15) is 22.9 Å². The van der Waals surface area contributed by atoms with Gasteiger partial charge in [0.05, 0.1) is 16.5 Å². The van der Waals surface area contributed by atoms with E-state index in [1.807, 2.05) is 0 Å². The first-order chi connectivity index (χ1) is 13.2. The number of allylic oxidation sites excluding steroid dienone is 1. The third kappa shape index (κ3) is 2.78. The van der Waals surface area contributed by atoms with Crippen molar-refractivity contribution in [1.82, 2.24) is 0 Å². The number of nitriles is 1. The summed E-state index contributed by atoms with van der Waals surface area (Å²) in [6.07, 6.45) is 3.05. The second kappa shape index (κ2) is 6.39. The first kappa shape index (κ1) is 18.6. The highest BCUT2D eigenvalue weighted by Crippen LogP contribution is 2.45. The van der Waals surface area contributed by atoms with Gasteiger partial charge in [0, 0.05) is 24.2 Å². The van der Waals surface area contributed by atoms with Crippen LogP contribution in [0.2, 0.25) is 0 Å². The van der Waals surface area contributed by atoms with E-state index in [0.29, 0.717) is 30.4 Å². The molecular weight excluding hydrogens is 377 g/mol. The minimum atomic E-state index is -3.55. The van der Waals surface area contributed by atoms with Crippen molar-refractivity contribution in [1.29, 1.82) is 5.26 Å². The maximum Gasteiger partial charge on any atom is 0.176 e. The third-order valence-corrected chi connectivity index (χ3v) is 6.80. The number of hydrogen-bond acceptors (Lipinski definition) is 4. The number of sulfone groups is 1. The summed E-state index contributed by atoms with van der Waals surface area (Å²) in [6, 6.07) is 7.96. The molecule has 0 aliphatic heterocycles. The Kier molecular flexibility index (Phi) is 4.24. The molecule has 142 valence electrons. The van der Waals surface area contributed by atoms with Gasteiger partial charge in [0.2, 0.25) is 0 Å². The van der Waals surface area contributed by atoms with Crippen LogP contribution in [0.15, 0.2) is 41.3 Å². The van der Waals surface area contributed by atoms with Gasteiger partial charge in [-0.05, 0) is 59.7 Å². The van der Waals surface area contributed by atoms with E-state index < -0.39 is 15.7 Å². The van der Waals surface area contributed by atoms with E-state index >= 15 is 0 Å². The Morgan fingerprint density at radius 2 is 1.93 bits per heavy atom. The number of Topliss-reactive ketones (excluding diaryl/α,β-unsaturated/α-hetero) is 1. The summed E-state index contributed by atoms with van der Waals surface area (Å²) in [7, 11) is -3.55. The number of rotatable bonds is 2. The van der Waals surface area contributed by atoms with Gasteiger partial charge >= 0.3 is 0 Å². The van der Waals surface area contributed by atoms with Gasteiger partial charge in [-0.25, -0.2) is 12.8 Å². The van der Waals surface area contributed by atoms with Crippen molar-refractivity contribution in [3.8, 4) is 6.07 Å². The van der Waals surface area contributed by atoms with Gasteiger partial charge in [0.25, 0.3) is 0 Å². The van der Waals surface area contributed by atoms with Crippen LogP contribution >= 0.6 is 0 Å². The fourth-order valence-electron chi connectivity index (χ4n) is 4.49. The Morgan fingerprint density at radius 1 is 1.18 bits per heavy atom. The maximum absolute atomic E-state index is 13.9. The van der Waals surface area contributed by atoms with Crippen molar-refractivity contribution >= 4 is 15.6 Å². The molecule has 0 N–H and O–H groups in total. The van der Waals surface area contributed by atoms with Crippen LogP contribution in [-0.2, 0) is 22.7 Å². The molecule has 2 aromatic carbocycles. The zero-order valence-electron chi connectivity index (χ0n) is 15.4. The Hall–Kier alpha value is -2.78. The first-order valence-corrected chi connectivity index (χ1v) is 10.9. The largest absolute Gasteiger partial charge is 0.294 e. The highest BCUT2D eigenvalue weighted by Gasteiger charge is 2.35. The Bertz CT molecular complexity index is 1210. The second-order valence-electron chi connectivity index (χ2n) is 7.43. The molecule has 0 fully saturated rings. The number of nitrogens with zero attached hydrogens (tertiary/aromatic N) is 1. The molecule has 0 bridgehead atoms. The summed E-state index contributed by atoms with van der Waals surface area (Å²) in [5, 5.41) is 9.58. The molecule has 0 unspecified atom stereocenters. The van der Waals surface area contributed by atoms with E-state index in [0.717, 1.165) is 23.0 Å². The number of carbonyl (C=O) groups excluding carboxylic acids is 1. The van der Waals surface area contributed by atoms with Crippen LogP contribution in [-0.4, -0.2) is 20.5 Å². The summed E-state index contributed by atoms with van der Waals surface area (Å²) in [4.78, 5) is 12.5. The number of ketones is 1. The van der Waals surface area contributed by atoms with Crippen LogP contribution in [0.4, 0.5) is 4.39 Å². The van der Waals surface area contributed by atoms with Gasteiger partial charge in [-0.2, -0.15) is 5.26 Å². The Labute approximate surface area is 163 Å². The van der Waals surface area contributed by atoms with Crippen molar-refractivity contribution in [3.05, 3.63) is 75.6 Å². The summed E-state index contributed by atoms with van der Waals surface area (Å²) >= 11 is 0. The Balaban J connectivity index is 2.02. The lowest BCUT2D eigenvalue weighted by molar-refractivity contribution is 0.0992. The molecule has 0 heterocycles. The molecular formula is C22H18FNO3S. The number of halogens is 1. The lowest BCUT2D eigenvalue weighted by Gasteiger charge is -2.31. The number of benzene rings is 2. The normalized spacial score (nSPS) is 18.5. The van der Waals surface area contributed by atoms with Crippen LogP contribution in [0.5, 0.6) is 0 Å². The first-order valence-electron chi connectivity index (χ1n) is 9.01. The van der Waals surface area contributed by atoms with Crippen LogP contribution in [0.3, 0.4) is 0 Å². The van der Waals surface area contributed by atoms with Crippen molar-refractivity contribution in [2.75, 3.05) is 6.26 Å². The molecule has 0 spiro atoms. The van der Waals surface area contributed by atoms with E-state index in [1.54, 1.807) is 6.07 Å². The molecule has 2 aromatic rings. The zero-order valence-corrected chi connectivity index (χ0v) is 16.2. The molecule has 0 saturated carbocycles. The second-order valence-corrected chi connectivity index (χ2v) is 9.42. The van der Waals surface area contributed by atoms with E-state index in [4.69, 9.17) is 0 Å². The van der Waals surface area contributed by atoms with Crippen molar-refractivity contribution in [2.24, 2.45) is 0 Å². The minimum absolute atomic E-state index is 0.0509.